The second kappa shape index (κ2) is 6.37. The predicted octanol–water partition coefficient (Wildman–Crippen LogP) is 0.799. The van der Waals surface area contributed by atoms with Gasteiger partial charge in [0, 0.05) is 31.4 Å². The molecular weight excluding hydrogens is 301 g/mol. The molecule has 1 aromatic rings. The first-order chi connectivity index (χ1) is 10.2. The largest absolute Gasteiger partial charge is 0.406 e. The van der Waals surface area contributed by atoms with Crippen molar-refractivity contribution in [1.82, 2.24) is 20.0 Å². The first-order valence-electron chi connectivity index (χ1n) is 6.87. The van der Waals surface area contributed by atoms with Crippen LogP contribution in [0.1, 0.15) is 13.3 Å². The van der Waals surface area contributed by atoms with E-state index in [1.165, 1.54) is 0 Å². The van der Waals surface area contributed by atoms with Gasteiger partial charge in [-0.15, -0.1) is 0 Å². The van der Waals surface area contributed by atoms with E-state index in [0.717, 1.165) is 0 Å². The first-order valence-corrected chi connectivity index (χ1v) is 6.87. The second-order valence-corrected chi connectivity index (χ2v) is 5.43. The van der Waals surface area contributed by atoms with Crippen molar-refractivity contribution >= 4 is 11.8 Å². The summed E-state index contributed by atoms with van der Waals surface area (Å²) in [5, 5.41) is 6.71. The summed E-state index contributed by atoms with van der Waals surface area (Å²) in [6.07, 6.45) is -1.28. The normalized spacial score (nSPS) is 20.3. The number of hydrogen-bond donors (Lipinski definition) is 1. The lowest BCUT2D eigenvalue weighted by molar-refractivity contribution is -0.157. The van der Waals surface area contributed by atoms with Crippen LogP contribution < -0.4 is 5.32 Å². The molecule has 1 aliphatic heterocycles. The van der Waals surface area contributed by atoms with Gasteiger partial charge in [-0.3, -0.25) is 14.3 Å². The Balaban J connectivity index is 1.84. The summed E-state index contributed by atoms with van der Waals surface area (Å²) in [5.74, 6) is -1.79. The van der Waals surface area contributed by atoms with Crippen molar-refractivity contribution in [1.29, 1.82) is 0 Å². The molecule has 0 aromatic carbocycles. The molecule has 1 saturated heterocycles. The quantitative estimate of drug-likeness (QED) is 0.873. The highest BCUT2D eigenvalue weighted by Crippen LogP contribution is 2.24. The van der Waals surface area contributed by atoms with E-state index in [0.29, 0.717) is 11.4 Å². The fourth-order valence-corrected chi connectivity index (χ4v) is 2.41. The van der Waals surface area contributed by atoms with Crippen molar-refractivity contribution in [3.05, 3.63) is 18.5 Å². The number of likely N-dealkylation sites (tertiary alicyclic amines) is 1. The molecule has 2 heterocycles. The lowest BCUT2D eigenvalue weighted by Gasteiger charge is -2.19. The maximum absolute atomic E-state index is 12.3. The van der Waals surface area contributed by atoms with Gasteiger partial charge in [0.05, 0.1) is 12.5 Å². The van der Waals surface area contributed by atoms with Crippen molar-refractivity contribution in [2.24, 2.45) is 5.92 Å². The fraction of sp³-hybridized carbons (Fsp3) is 0.615. The molecule has 122 valence electrons. The number of hydrogen-bond acceptors (Lipinski definition) is 3. The third-order valence-corrected chi connectivity index (χ3v) is 3.36. The number of halogens is 3. The van der Waals surface area contributed by atoms with E-state index >= 15 is 0 Å². The monoisotopic (exact) mass is 318 g/mol. The summed E-state index contributed by atoms with van der Waals surface area (Å²) in [7, 11) is 0. The van der Waals surface area contributed by atoms with Gasteiger partial charge >= 0.3 is 6.18 Å². The molecule has 1 N–H and O–H groups in total. The number of rotatable bonds is 5. The molecule has 0 spiro atoms. The second-order valence-electron chi connectivity index (χ2n) is 5.43. The van der Waals surface area contributed by atoms with Crippen LogP contribution in [0.15, 0.2) is 18.5 Å². The van der Waals surface area contributed by atoms with E-state index in [9.17, 15) is 22.8 Å². The van der Waals surface area contributed by atoms with Gasteiger partial charge in [-0.25, -0.2) is 0 Å². The van der Waals surface area contributed by atoms with Crippen molar-refractivity contribution < 1.29 is 22.8 Å². The van der Waals surface area contributed by atoms with Crippen LogP contribution in [0.2, 0.25) is 0 Å². The number of aromatic nitrogens is 2. The summed E-state index contributed by atoms with van der Waals surface area (Å²) < 4.78 is 38.6. The van der Waals surface area contributed by atoms with Gasteiger partial charge in [0.15, 0.2) is 0 Å². The molecule has 2 rings (SSSR count). The zero-order valence-corrected chi connectivity index (χ0v) is 12.0. The average molecular weight is 318 g/mol. The average Bonchev–Trinajstić information content (AvgIpc) is 2.98. The highest BCUT2D eigenvalue weighted by molar-refractivity contribution is 5.89. The predicted molar refractivity (Wildman–Crippen MR) is 70.6 cm³/mol. The van der Waals surface area contributed by atoms with E-state index in [4.69, 9.17) is 0 Å². The fourth-order valence-electron chi connectivity index (χ4n) is 2.41. The lowest BCUT2D eigenvalue weighted by atomic mass is 10.1. The van der Waals surface area contributed by atoms with Gasteiger partial charge in [-0.05, 0) is 13.0 Å². The van der Waals surface area contributed by atoms with Crippen LogP contribution in [0.4, 0.5) is 13.2 Å². The number of nitrogens with one attached hydrogen (secondary N) is 1. The Labute approximate surface area is 125 Å². The van der Waals surface area contributed by atoms with Crippen molar-refractivity contribution in [3.8, 4) is 0 Å². The minimum Gasteiger partial charge on any atom is -0.351 e. The van der Waals surface area contributed by atoms with Gasteiger partial charge < -0.3 is 10.2 Å². The smallest absolute Gasteiger partial charge is 0.351 e. The standard InChI is InChI=1S/C13H17F3N4O2/c1-9(6-20-4-2-3-17-20)18-12(22)10-5-11(21)19(7-10)8-13(14,15)16/h2-4,9-10H,5-8H2,1H3,(H,18,22)/t9-,10-/m1/s1. The number of carbonyl (C=O) groups is 2. The molecule has 0 bridgehead atoms. The van der Waals surface area contributed by atoms with Crippen LogP contribution in [0.25, 0.3) is 0 Å². The topological polar surface area (TPSA) is 67.2 Å². The molecule has 22 heavy (non-hydrogen) atoms. The van der Waals surface area contributed by atoms with Gasteiger partial charge in [0.25, 0.3) is 0 Å². The van der Waals surface area contributed by atoms with E-state index in [-0.39, 0.29) is 19.0 Å². The van der Waals surface area contributed by atoms with Crippen LogP contribution in [0, 0.1) is 5.92 Å². The maximum atomic E-state index is 12.3. The van der Waals surface area contributed by atoms with Crippen molar-refractivity contribution in [2.45, 2.75) is 32.1 Å². The minimum absolute atomic E-state index is 0.184. The van der Waals surface area contributed by atoms with Crippen molar-refractivity contribution in [3.63, 3.8) is 0 Å². The zero-order chi connectivity index (χ0) is 16.3. The van der Waals surface area contributed by atoms with E-state index in [2.05, 4.69) is 10.4 Å². The maximum Gasteiger partial charge on any atom is 0.406 e. The molecule has 0 aliphatic carbocycles. The highest BCUT2D eigenvalue weighted by Gasteiger charge is 2.40. The molecule has 0 unspecified atom stereocenters. The van der Waals surface area contributed by atoms with Gasteiger partial charge in [0.2, 0.25) is 11.8 Å². The molecular formula is C13H17F3N4O2. The number of carbonyl (C=O) groups excluding carboxylic acids is 2. The number of alkyl halides is 3. The van der Waals surface area contributed by atoms with E-state index < -0.39 is 30.5 Å². The molecule has 1 aliphatic rings. The summed E-state index contributed by atoms with van der Waals surface area (Å²) in [4.78, 5) is 24.3. The molecule has 0 radical (unpaired) electrons. The molecule has 2 amide bonds. The minimum atomic E-state index is -4.45. The third kappa shape index (κ3) is 4.47. The Morgan fingerprint density at radius 3 is 2.86 bits per heavy atom. The molecule has 0 saturated carbocycles. The summed E-state index contributed by atoms with van der Waals surface area (Å²) >= 11 is 0. The van der Waals surface area contributed by atoms with Crippen LogP contribution in [0.3, 0.4) is 0 Å². The lowest BCUT2D eigenvalue weighted by Crippen LogP contribution is -2.41. The number of nitrogens with zero attached hydrogens (tertiary/aromatic N) is 3. The summed E-state index contributed by atoms with van der Waals surface area (Å²) in [6, 6.07) is 1.51. The summed E-state index contributed by atoms with van der Waals surface area (Å²) in [5.41, 5.74) is 0. The van der Waals surface area contributed by atoms with Crippen LogP contribution >= 0.6 is 0 Å². The molecule has 9 heteroatoms. The van der Waals surface area contributed by atoms with Crippen LogP contribution in [0.5, 0.6) is 0 Å². The Bertz CT molecular complexity index is 530. The zero-order valence-electron chi connectivity index (χ0n) is 12.0. The van der Waals surface area contributed by atoms with Crippen molar-refractivity contribution in [2.75, 3.05) is 13.1 Å². The first kappa shape index (κ1) is 16.3. The third-order valence-electron chi connectivity index (χ3n) is 3.36. The van der Waals surface area contributed by atoms with Crippen LogP contribution in [-0.4, -0.2) is 51.8 Å². The highest BCUT2D eigenvalue weighted by atomic mass is 19.4. The molecule has 1 fully saturated rings. The van der Waals surface area contributed by atoms with Gasteiger partial charge in [-0.2, -0.15) is 18.3 Å². The van der Waals surface area contributed by atoms with Gasteiger partial charge in [0.1, 0.15) is 6.54 Å². The van der Waals surface area contributed by atoms with Gasteiger partial charge in [-0.1, -0.05) is 0 Å². The number of amides is 2. The molecule has 6 nitrogen and oxygen atoms in total. The Morgan fingerprint density at radius 2 is 2.27 bits per heavy atom. The van der Waals surface area contributed by atoms with E-state index in [1.807, 2.05) is 0 Å². The SMILES string of the molecule is C[C@H](Cn1cccn1)NC(=O)[C@@H]1CC(=O)N(CC(F)(F)F)C1. The van der Waals surface area contributed by atoms with E-state index in [1.54, 1.807) is 30.1 Å². The summed E-state index contributed by atoms with van der Waals surface area (Å²) in [6.45, 7) is 0.715. The Morgan fingerprint density at radius 1 is 1.55 bits per heavy atom. The van der Waals surface area contributed by atoms with Crippen LogP contribution in [-0.2, 0) is 16.1 Å². The molecule has 1 aromatic heterocycles. The molecule has 2 atom stereocenters. The Hall–Kier alpha value is -2.06. The Kier molecular flexibility index (Phi) is 4.72.